The summed E-state index contributed by atoms with van der Waals surface area (Å²) in [7, 11) is 0. The highest BCUT2D eigenvalue weighted by Gasteiger charge is 2.00. The molecular weight excluding hydrogens is 220 g/mol. The minimum atomic E-state index is 0.654. The lowest BCUT2D eigenvalue weighted by Gasteiger charge is -2.21. The van der Waals surface area contributed by atoms with Crippen LogP contribution in [0.2, 0.25) is 0 Å². The van der Waals surface area contributed by atoms with Crippen LogP contribution in [0.25, 0.3) is 0 Å². The van der Waals surface area contributed by atoms with Crippen molar-refractivity contribution >= 4 is 0 Å². The Morgan fingerprint density at radius 3 is 1.67 bits per heavy atom. The molecule has 1 N–H and O–H groups in total. The lowest BCUT2D eigenvalue weighted by atomic mass is 10.2. The van der Waals surface area contributed by atoms with Crippen molar-refractivity contribution in [3.8, 4) is 0 Å². The molecule has 0 unspecified atom stereocenters. The summed E-state index contributed by atoms with van der Waals surface area (Å²) >= 11 is 0. The maximum Gasteiger partial charge on any atom is 0.00383 e. The van der Waals surface area contributed by atoms with E-state index in [1.54, 1.807) is 0 Å². The molecule has 112 valence electrons. The molecule has 0 aromatic carbocycles. The smallest absolute Gasteiger partial charge is 0.00383 e. The predicted octanol–water partition coefficient (Wildman–Crippen LogP) is 4.30. The number of hydrogen-bond donors (Lipinski definition) is 1. The van der Waals surface area contributed by atoms with E-state index in [2.05, 4.69) is 58.7 Å². The Balaban J connectivity index is 0. The summed E-state index contributed by atoms with van der Waals surface area (Å²) in [6, 6.07) is 1.37. The fourth-order valence-corrected chi connectivity index (χ4v) is 1.90. The fraction of sp³-hybridized carbons (Fsp3) is 1.00. The normalized spacial score (nSPS) is 11.0. The van der Waals surface area contributed by atoms with Crippen LogP contribution in [-0.2, 0) is 0 Å². The second-order valence-corrected chi connectivity index (χ2v) is 5.48. The van der Waals surface area contributed by atoms with Gasteiger partial charge in [-0.25, -0.2) is 0 Å². The van der Waals surface area contributed by atoms with E-state index in [1.165, 1.54) is 45.3 Å². The van der Waals surface area contributed by atoms with Crippen molar-refractivity contribution in [2.45, 2.75) is 86.2 Å². The van der Waals surface area contributed by atoms with Gasteiger partial charge in [0.05, 0.1) is 0 Å². The average molecular weight is 258 g/mol. The topological polar surface area (TPSA) is 15.3 Å². The van der Waals surface area contributed by atoms with Crippen molar-refractivity contribution in [1.82, 2.24) is 10.2 Å². The first-order chi connectivity index (χ1) is 8.49. The third-order valence-electron chi connectivity index (χ3n) is 3.13. The molecule has 0 heterocycles. The molecule has 0 aliphatic rings. The van der Waals surface area contributed by atoms with E-state index in [9.17, 15) is 0 Å². The molecule has 0 saturated carbocycles. The van der Waals surface area contributed by atoms with Crippen LogP contribution in [0.4, 0.5) is 0 Å². The third-order valence-corrected chi connectivity index (χ3v) is 3.13. The first kappa shape index (κ1) is 20.2. The summed E-state index contributed by atoms with van der Waals surface area (Å²) < 4.78 is 0. The predicted molar refractivity (Wildman–Crippen MR) is 85.3 cm³/mol. The molecule has 0 aromatic rings. The summed E-state index contributed by atoms with van der Waals surface area (Å²) in [5.74, 6) is 0. The molecule has 2 nitrogen and oxygen atoms in total. The van der Waals surface area contributed by atoms with E-state index in [4.69, 9.17) is 0 Å². The van der Waals surface area contributed by atoms with Crippen LogP contribution in [0.3, 0.4) is 0 Å². The number of rotatable bonds is 9. The van der Waals surface area contributed by atoms with E-state index >= 15 is 0 Å². The zero-order valence-corrected chi connectivity index (χ0v) is 14.1. The summed E-state index contributed by atoms with van der Waals surface area (Å²) in [5, 5.41) is 3.40. The van der Waals surface area contributed by atoms with Crippen LogP contribution in [0, 0.1) is 0 Å². The number of nitrogens with zero attached hydrogens (tertiary/aromatic N) is 1. The first-order valence-corrected chi connectivity index (χ1v) is 7.96. The zero-order chi connectivity index (χ0) is 14.4. The minimum Gasteiger partial charge on any atom is -0.315 e. The van der Waals surface area contributed by atoms with Gasteiger partial charge in [-0.15, -0.1) is 0 Å². The Bertz CT molecular complexity index is 140. The molecule has 0 fully saturated rings. The van der Waals surface area contributed by atoms with Crippen LogP contribution in [0.15, 0.2) is 0 Å². The third kappa shape index (κ3) is 15.9. The second-order valence-electron chi connectivity index (χ2n) is 5.48. The fourth-order valence-electron chi connectivity index (χ4n) is 1.90. The minimum absolute atomic E-state index is 0.654. The molecule has 0 bridgehead atoms. The molecule has 0 amide bonds. The van der Waals surface area contributed by atoms with Crippen molar-refractivity contribution in [2.24, 2.45) is 0 Å². The van der Waals surface area contributed by atoms with Gasteiger partial charge in [0.25, 0.3) is 0 Å². The Labute approximate surface area is 117 Å². The Morgan fingerprint density at radius 2 is 1.39 bits per heavy atom. The number of unbranched alkanes of at least 4 members (excludes halogenated alkanes) is 3. The van der Waals surface area contributed by atoms with Crippen LogP contribution in [-0.4, -0.2) is 36.6 Å². The highest BCUT2D eigenvalue weighted by molar-refractivity contribution is 4.56. The highest BCUT2D eigenvalue weighted by atomic mass is 15.1. The largest absolute Gasteiger partial charge is 0.315 e. The van der Waals surface area contributed by atoms with Crippen molar-refractivity contribution in [1.29, 1.82) is 0 Å². The molecule has 2 heteroatoms. The summed E-state index contributed by atoms with van der Waals surface area (Å²) in [5.41, 5.74) is 0. The SMILES string of the molecule is CCCCCCNC(C)C.CCN(CC)C(C)C. The summed E-state index contributed by atoms with van der Waals surface area (Å²) in [6.45, 7) is 19.0. The zero-order valence-electron chi connectivity index (χ0n) is 14.1. The van der Waals surface area contributed by atoms with E-state index in [0.717, 1.165) is 0 Å². The quantitative estimate of drug-likeness (QED) is 0.620. The molecule has 0 atom stereocenters. The lowest BCUT2D eigenvalue weighted by Crippen LogP contribution is -2.29. The molecule has 18 heavy (non-hydrogen) atoms. The molecule has 0 saturated heterocycles. The van der Waals surface area contributed by atoms with Gasteiger partial charge in [0.1, 0.15) is 0 Å². The molecule has 0 aliphatic carbocycles. The molecule has 0 aliphatic heterocycles. The maximum atomic E-state index is 3.40. The molecule has 0 radical (unpaired) electrons. The highest BCUT2D eigenvalue weighted by Crippen LogP contribution is 1.97. The summed E-state index contributed by atoms with van der Waals surface area (Å²) in [6.07, 6.45) is 5.45. The van der Waals surface area contributed by atoms with Crippen LogP contribution in [0.1, 0.15) is 74.1 Å². The van der Waals surface area contributed by atoms with Gasteiger partial charge < -0.3 is 10.2 Å². The first-order valence-electron chi connectivity index (χ1n) is 7.96. The van der Waals surface area contributed by atoms with Gasteiger partial charge in [0.15, 0.2) is 0 Å². The van der Waals surface area contributed by atoms with Crippen molar-refractivity contribution < 1.29 is 0 Å². The van der Waals surface area contributed by atoms with Gasteiger partial charge >= 0.3 is 0 Å². The van der Waals surface area contributed by atoms with E-state index in [1.807, 2.05) is 0 Å². The number of nitrogens with one attached hydrogen (secondary N) is 1. The van der Waals surface area contributed by atoms with Gasteiger partial charge in [-0.3, -0.25) is 0 Å². The monoisotopic (exact) mass is 258 g/mol. The average Bonchev–Trinajstić information content (AvgIpc) is 2.30. The van der Waals surface area contributed by atoms with Gasteiger partial charge in [0.2, 0.25) is 0 Å². The Morgan fingerprint density at radius 1 is 0.833 bits per heavy atom. The maximum absolute atomic E-state index is 3.40. The van der Waals surface area contributed by atoms with E-state index < -0.39 is 0 Å². The standard InChI is InChI=1S/C9H21N.C7H17N/c1-4-5-6-7-8-10-9(2)3;1-5-8(6-2)7(3)4/h9-10H,4-8H2,1-3H3;7H,5-6H2,1-4H3. The van der Waals surface area contributed by atoms with E-state index in [-0.39, 0.29) is 0 Å². The van der Waals surface area contributed by atoms with E-state index in [0.29, 0.717) is 12.1 Å². The second kappa shape index (κ2) is 15.0. The molecular formula is C16H38N2. The van der Waals surface area contributed by atoms with Crippen molar-refractivity contribution in [3.63, 3.8) is 0 Å². The van der Waals surface area contributed by atoms with Crippen LogP contribution < -0.4 is 5.32 Å². The lowest BCUT2D eigenvalue weighted by molar-refractivity contribution is 0.246. The number of hydrogen-bond acceptors (Lipinski definition) is 2. The molecule has 0 spiro atoms. The van der Waals surface area contributed by atoms with Crippen LogP contribution >= 0.6 is 0 Å². The van der Waals surface area contributed by atoms with Crippen LogP contribution in [0.5, 0.6) is 0 Å². The van der Waals surface area contributed by atoms with Gasteiger partial charge in [-0.1, -0.05) is 53.9 Å². The Hall–Kier alpha value is -0.0800. The Kier molecular flexibility index (Phi) is 16.8. The summed E-state index contributed by atoms with van der Waals surface area (Å²) in [4.78, 5) is 2.42. The van der Waals surface area contributed by atoms with Gasteiger partial charge in [0, 0.05) is 12.1 Å². The molecule has 0 rings (SSSR count). The van der Waals surface area contributed by atoms with Crippen molar-refractivity contribution in [3.05, 3.63) is 0 Å². The van der Waals surface area contributed by atoms with Gasteiger partial charge in [-0.05, 0) is 39.9 Å². The van der Waals surface area contributed by atoms with Gasteiger partial charge in [-0.2, -0.15) is 0 Å². The van der Waals surface area contributed by atoms with Crippen molar-refractivity contribution in [2.75, 3.05) is 19.6 Å². The molecule has 0 aromatic heterocycles.